The quantitative estimate of drug-likeness (QED) is 0.766. The van der Waals surface area contributed by atoms with Crippen molar-refractivity contribution in [2.24, 2.45) is 0 Å². The Bertz CT molecular complexity index is 314. The van der Waals surface area contributed by atoms with Crippen LogP contribution in [0, 0.1) is 11.3 Å². The molecule has 1 unspecified atom stereocenters. The fourth-order valence-electron chi connectivity index (χ4n) is 1.26. The van der Waals surface area contributed by atoms with E-state index in [1.165, 1.54) is 0 Å². The molecule has 0 fully saturated rings. The molecule has 0 saturated heterocycles. The molecule has 0 spiro atoms. The summed E-state index contributed by atoms with van der Waals surface area (Å²) in [4.78, 5) is 0. The number of hydrogen-bond donors (Lipinski definition) is 1. The minimum absolute atomic E-state index is 0.432. The van der Waals surface area contributed by atoms with Crippen molar-refractivity contribution < 1.29 is 5.11 Å². The fourth-order valence-corrected chi connectivity index (χ4v) is 1.26. The van der Waals surface area contributed by atoms with Crippen LogP contribution in [0.3, 0.4) is 0 Å². The molecule has 68 valence electrons. The highest BCUT2D eigenvalue weighted by molar-refractivity contribution is 5.33. The summed E-state index contributed by atoms with van der Waals surface area (Å²) in [6.07, 6.45) is 1.26. The van der Waals surface area contributed by atoms with Crippen molar-refractivity contribution in [3.8, 4) is 6.07 Å². The van der Waals surface area contributed by atoms with Crippen LogP contribution in [0.5, 0.6) is 0 Å². The maximum atomic E-state index is 9.63. The maximum absolute atomic E-state index is 9.63. The van der Waals surface area contributed by atoms with Crippen molar-refractivity contribution in [2.75, 3.05) is 0 Å². The van der Waals surface area contributed by atoms with Crippen LogP contribution in [0.25, 0.3) is 0 Å². The summed E-state index contributed by atoms with van der Waals surface area (Å²) in [6.45, 7) is 2.03. The van der Waals surface area contributed by atoms with Crippen LogP contribution in [0.1, 0.15) is 37.0 Å². The second-order valence-corrected chi connectivity index (χ2v) is 3.04. The number of nitrogens with zero attached hydrogens (tertiary/aromatic N) is 1. The number of hydrogen-bond acceptors (Lipinski definition) is 2. The molecule has 0 aliphatic rings. The van der Waals surface area contributed by atoms with Crippen molar-refractivity contribution in [2.45, 2.75) is 25.9 Å². The molecule has 13 heavy (non-hydrogen) atoms. The lowest BCUT2D eigenvalue weighted by Crippen LogP contribution is -1.96. The molecule has 2 nitrogen and oxygen atoms in total. The Balaban J connectivity index is 2.83. The molecule has 0 aliphatic heterocycles. The van der Waals surface area contributed by atoms with E-state index in [2.05, 4.69) is 6.07 Å². The lowest BCUT2D eigenvalue weighted by molar-refractivity contribution is 0.166. The molecule has 0 aliphatic carbocycles. The second kappa shape index (κ2) is 4.64. The summed E-state index contributed by atoms with van der Waals surface area (Å²) in [7, 11) is 0. The number of nitriles is 1. The van der Waals surface area contributed by atoms with Gasteiger partial charge < -0.3 is 5.11 Å². The third-order valence-electron chi connectivity index (χ3n) is 1.96. The van der Waals surface area contributed by atoms with E-state index in [1.807, 2.05) is 13.0 Å². The van der Waals surface area contributed by atoms with Crippen LogP contribution < -0.4 is 0 Å². The highest BCUT2D eigenvalue weighted by atomic mass is 16.3. The van der Waals surface area contributed by atoms with Crippen LogP contribution in [0.2, 0.25) is 0 Å². The smallest absolute Gasteiger partial charge is 0.0991 e. The summed E-state index contributed by atoms with van der Waals surface area (Å²) < 4.78 is 0. The molecule has 0 amide bonds. The van der Waals surface area contributed by atoms with Gasteiger partial charge in [-0.1, -0.05) is 25.5 Å². The molecular weight excluding hydrogens is 162 g/mol. The van der Waals surface area contributed by atoms with Crippen LogP contribution in [-0.2, 0) is 0 Å². The molecule has 1 aromatic carbocycles. The Morgan fingerprint density at radius 1 is 1.54 bits per heavy atom. The van der Waals surface area contributed by atoms with E-state index in [0.717, 1.165) is 18.4 Å². The van der Waals surface area contributed by atoms with Gasteiger partial charge in [0, 0.05) is 0 Å². The molecule has 1 rings (SSSR count). The lowest BCUT2D eigenvalue weighted by Gasteiger charge is -2.08. The zero-order valence-electron chi connectivity index (χ0n) is 7.70. The molecule has 2 heteroatoms. The van der Waals surface area contributed by atoms with E-state index in [-0.39, 0.29) is 0 Å². The Hall–Kier alpha value is -1.33. The first-order valence-corrected chi connectivity index (χ1v) is 4.46. The molecule has 0 radical (unpaired) electrons. The van der Waals surface area contributed by atoms with Gasteiger partial charge in [-0.25, -0.2) is 0 Å². The first kappa shape index (κ1) is 9.76. The van der Waals surface area contributed by atoms with Gasteiger partial charge in [0.25, 0.3) is 0 Å². The molecule has 1 atom stereocenters. The zero-order chi connectivity index (χ0) is 9.68. The van der Waals surface area contributed by atoms with Gasteiger partial charge in [0.15, 0.2) is 0 Å². The van der Waals surface area contributed by atoms with Crippen LogP contribution >= 0.6 is 0 Å². The fraction of sp³-hybridized carbons (Fsp3) is 0.364. The van der Waals surface area contributed by atoms with E-state index >= 15 is 0 Å². The van der Waals surface area contributed by atoms with Gasteiger partial charge in [0.2, 0.25) is 0 Å². The number of aliphatic hydroxyl groups is 1. The standard InChI is InChI=1S/C11H13NO/c1-2-4-11(13)10-6-3-5-9(7-10)8-12/h3,5-7,11,13H,2,4H2,1H3. The molecule has 0 saturated carbocycles. The van der Waals surface area contributed by atoms with E-state index in [1.54, 1.807) is 18.2 Å². The average molecular weight is 175 g/mol. The average Bonchev–Trinajstić information content (AvgIpc) is 2.18. The van der Waals surface area contributed by atoms with E-state index < -0.39 is 6.10 Å². The van der Waals surface area contributed by atoms with E-state index in [0.29, 0.717) is 5.56 Å². The topological polar surface area (TPSA) is 44.0 Å². The SMILES string of the molecule is CCCC(O)c1cccc(C#N)c1. The van der Waals surface area contributed by atoms with Crippen LogP contribution in [-0.4, -0.2) is 5.11 Å². The maximum Gasteiger partial charge on any atom is 0.0991 e. The van der Waals surface area contributed by atoms with Crippen LogP contribution in [0.4, 0.5) is 0 Å². The monoisotopic (exact) mass is 175 g/mol. The lowest BCUT2D eigenvalue weighted by atomic mass is 10.0. The summed E-state index contributed by atoms with van der Waals surface area (Å²) in [5.74, 6) is 0. The molecule has 1 N–H and O–H groups in total. The van der Waals surface area contributed by atoms with Crippen molar-refractivity contribution in [3.63, 3.8) is 0 Å². The van der Waals surface area contributed by atoms with Gasteiger partial charge in [-0.15, -0.1) is 0 Å². The van der Waals surface area contributed by atoms with Crippen LogP contribution in [0.15, 0.2) is 24.3 Å². The minimum atomic E-state index is -0.432. The largest absolute Gasteiger partial charge is 0.388 e. The predicted octanol–water partition coefficient (Wildman–Crippen LogP) is 2.39. The predicted molar refractivity (Wildman–Crippen MR) is 51.0 cm³/mol. The molecule has 0 bridgehead atoms. The Morgan fingerprint density at radius 2 is 2.31 bits per heavy atom. The first-order valence-electron chi connectivity index (χ1n) is 4.46. The van der Waals surface area contributed by atoms with Crippen molar-refractivity contribution in [3.05, 3.63) is 35.4 Å². The minimum Gasteiger partial charge on any atom is -0.388 e. The number of benzene rings is 1. The summed E-state index contributed by atoms with van der Waals surface area (Å²) >= 11 is 0. The van der Waals surface area contributed by atoms with Gasteiger partial charge in [-0.05, 0) is 24.1 Å². The summed E-state index contributed by atoms with van der Waals surface area (Å²) in [5.41, 5.74) is 1.44. The van der Waals surface area contributed by atoms with Crippen molar-refractivity contribution in [1.29, 1.82) is 5.26 Å². The molecular formula is C11H13NO. The van der Waals surface area contributed by atoms with E-state index in [9.17, 15) is 5.11 Å². The molecule has 0 aromatic heterocycles. The van der Waals surface area contributed by atoms with Crippen molar-refractivity contribution >= 4 is 0 Å². The Kier molecular flexibility index (Phi) is 3.48. The van der Waals surface area contributed by atoms with Gasteiger partial charge in [-0.2, -0.15) is 5.26 Å². The van der Waals surface area contributed by atoms with Crippen molar-refractivity contribution in [1.82, 2.24) is 0 Å². The van der Waals surface area contributed by atoms with Gasteiger partial charge >= 0.3 is 0 Å². The Labute approximate surface area is 78.4 Å². The zero-order valence-corrected chi connectivity index (χ0v) is 7.70. The summed E-state index contributed by atoms with van der Waals surface area (Å²) in [5, 5.41) is 18.3. The van der Waals surface area contributed by atoms with E-state index in [4.69, 9.17) is 5.26 Å². The van der Waals surface area contributed by atoms with Gasteiger partial charge in [0.05, 0.1) is 17.7 Å². The highest BCUT2D eigenvalue weighted by Gasteiger charge is 2.05. The summed E-state index contributed by atoms with van der Waals surface area (Å²) in [6, 6.07) is 9.17. The number of aliphatic hydroxyl groups excluding tert-OH is 1. The number of rotatable bonds is 3. The highest BCUT2D eigenvalue weighted by Crippen LogP contribution is 2.18. The Morgan fingerprint density at radius 3 is 2.92 bits per heavy atom. The van der Waals surface area contributed by atoms with Gasteiger partial charge in [-0.3, -0.25) is 0 Å². The molecule has 1 aromatic rings. The third-order valence-corrected chi connectivity index (χ3v) is 1.96. The first-order chi connectivity index (χ1) is 6.27. The normalized spacial score (nSPS) is 12.1. The third kappa shape index (κ3) is 2.57. The van der Waals surface area contributed by atoms with Gasteiger partial charge in [0.1, 0.15) is 0 Å². The molecule has 0 heterocycles. The second-order valence-electron chi connectivity index (χ2n) is 3.04.